The zero-order chi connectivity index (χ0) is 42.6. The van der Waals surface area contributed by atoms with Crippen molar-refractivity contribution in [3.05, 3.63) is 0 Å². The van der Waals surface area contributed by atoms with Crippen LogP contribution in [0, 0.1) is 17.2 Å². The Labute approximate surface area is 301 Å². The molecule has 0 aromatic carbocycles. The number of guanidine groups is 1. The Hall–Kier alpha value is -4.72. The highest BCUT2D eigenvalue weighted by atomic mass is 16.4. The molecule has 1 heterocycles. The molecule has 4 atom stereocenters. The van der Waals surface area contributed by atoms with Gasteiger partial charge in [-0.2, -0.15) is 0 Å². The Morgan fingerprint density at radius 2 is 1.12 bits per heavy atom. The van der Waals surface area contributed by atoms with Crippen LogP contribution in [0.25, 0.3) is 0 Å². The van der Waals surface area contributed by atoms with E-state index in [1.807, 2.05) is 13.8 Å². The summed E-state index contributed by atoms with van der Waals surface area (Å²) in [4.78, 5) is 68.2. The molecule has 308 valence electrons. The summed E-state index contributed by atoms with van der Waals surface area (Å²) < 4.78 is 0. The lowest BCUT2D eigenvalue weighted by Crippen LogP contribution is -2.34. The Kier molecular flexibility index (Phi) is 44.7. The summed E-state index contributed by atoms with van der Waals surface area (Å²) in [6.07, 6.45) is 3.31. The molecule has 0 bridgehead atoms. The van der Waals surface area contributed by atoms with Crippen LogP contribution in [0.4, 0.5) is 0 Å². The molecule has 1 rings (SSSR count). The second kappa shape index (κ2) is 39.1. The SMILES string of the molecule is CC(C)C(N)C(=O)O.CC(C)CC(N)C(=O)O.N=C(N)NCCCC(N)C(=O)O.NCC(=O)O.NCC(=O)O.NCC(=O)O.O=C(O)[C@@H]1CCCN1. The number of hydrogen-bond donors (Lipinski definition) is 17. The lowest BCUT2D eigenvalue weighted by Gasteiger charge is -2.07. The number of hydrogen-bond acceptors (Lipinski definition) is 15. The van der Waals surface area contributed by atoms with Gasteiger partial charge in [-0.15, -0.1) is 0 Å². The van der Waals surface area contributed by atoms with Crippen LogP contribution in [0.3, 0.4) is 0 Å². The van der Waals surface area contributed by atoms with Crippen LogP contribution in [-0.4, -0.2) is 140 Å². The molecule has 1 saturated heterocycles. The van der Waals surface area contributed by atoms with Crippen molar-refractivity contribution in [1.29, 1.82) is 5.41 Å². The largest absolute Gasteiger partial charge is 0.480 e. The van der Waals surface area contributed by atoms with Crippen molar-refractivity contribution in [3.63, 3.8) is 0 Å². The number of carbonyl (C=O) groups is 7. The van der Waals surface area contributed by atoms with Crippen molar-refractivity contribution in [2.75, 3.05) is 32.7 Å². The lowest BCUT2D eigenvalue weighted by molar-refractivity contribution is -0.140. The summed E-state index contributed by atoms with van der Waals surface area (Å²) in [6.45, 7) is 7.95. The Morgan fingerprint density at radius 3 is 1.27 bits per heavy atom. The lowest BCUT2D eigenvalue weighted by atomic mass is 10.1. The van der Waals surface area contributed by atoms with Gasteiger partial charge in [0.15, 0.2) is 5.96 Å². The molecule has 0 aromatic rings. The Bertz CT molecular complexity index is 969. The fraction of sp³-hybridized carbons (Fsp3) is 0.714. The van der Waals surface area contributed by atoms with Gasteiger partial charge in [-0.1, -0.05) is 27.7 Å². The summed E-state index contributed by atoms with van der Waals surface area (Å²) in [5.41, 5.74) is 34.3. The van der Waals surface area contributed by atoms with Crippen molar-refractivity contribution in [2.24, 2.45) is 52.0 Å². The van der Waals surface area contributed by atoms with Crippen molar-refractivity contribution in [3.8, 4) is 0 Å². The average Bonchev–Trinajstić information content (AvgIpc) is 3.59. The van der Waals surface area contributed by atoms with E-state index in [0.29, 0.717) is 31.7 Å². The predicted octanol–water partition coefficient (Wildman–Crippen LogP) is -3.93. The van der Waals surface area contributed by atoms with Gasteiger partial charge in [0.05, 0.1) is 19.6 Å². The summed E-state index contributed by atoms with van der Waals surface area (Å²) >= 11 is 0. The van der Waals surface area contributed by atoms with E-state index in [2.05, 4.69) is 27.8 Å². The summed E-state index contributed by atoms with van der Waals surface area (Å²) in [7, 11) is 0. The van der Waals surface area contributed by atoms with Crippen LogP contribution in [0.1, 0.15) is 59.8 Å². The summed E-state index contributed by atoms with van der Waals surface area (Å²) in [5, 5.41) is 68.2. The third-order valence-electron chi connectivity index (χ3n) is 5.25. The van der Waals surface area contributed by atoms with Gasteiger partial charge < -0.3 is 86.5 Å². The number of carboxylic acids is 7. The quantitative estimate of drug-likeness (QED) is 0.0456. The Morgan fingerprint density at radius 1 is 0.731 bits per heavy atom. The van der Waals surface area contributed by atoms with E-state index in [1.165, 1.54) is 0 Å². The molecule has 24 heteroatoms. The molecule has 3 unspecified atom stereocenters. The number of nitrogens with two attached hydrogens (primary N) is 7. The maximum Gasteiger partial charge on any atom is 0.320 e. The van der Waals surface area contributed by atoms with E-state index in [-0.39, 0.29) is 37.6 Å². The monoisotopic (exact) mass is 762 g/mol. The first-order chi connectivity index (χ1) is 23.7. The maximum absolute atomic E-state index is 10.2. The highest BCUT2D eigenvalue weighted by Gasteiger charge is 2.20. The molecule has 1 aliphatic heterocycles. The normalized spacial score (nSPS) is 13.8. The molecule has 0 saturated carbocycles. The van der Waals surface area contributed by atoms with Gasteiger partial charge in [0.25, 0.3) is 0 Å². The minimum absolute atomic E-state index is 0.0208. The van der Waals surface area contributed by atoms with Crippen molar-refractivity contribution in [1.82, 2.24) is 10.6 Å². The fourth-order valence-corrected chi connectivity index (χ4v) is 2.46. The standard InChI is InChI=1S/C6H14N4O2.C6H13NO2.C5H9NO2.C5H11NO2.3C2H5NO2/c7-4(5(11)12)2-1-3-10-6(8)9;1-4(2)3-5(7)6(8)9;7-5(8)4-2-1-3-6-4;1-3(2)4(6)5(7)8;3*3-1-2(4)5/h4H,1-3,7H2,(H,11,12)(H4,8,9,10);4-5H,3,7H2,1-2H3,(H,8,9);4,6H,1-3H2,(H,7,8);3-4H,6H2,1-2H3,(H,7,8);3*1,3H2,(H,4,5)/t;;4-;;;;/m..0..../s1. The van der Waals surface area contributed by atoms with E-state index in [1.54, 1.807) is 13.8 Å². The molecule has 0 amide bonds. The number of nitrogens with one attached hydrogen (secondary N) is 3. The first-order valence-electron chi connectivity index (χ1n) is 15.5. The smallest absolute Gasteiger partial charge is 0.320 e. The predicted molar refractivity (Wildman–Crippen MR) is 189 cm³/mol. The fourth-order valence-electron chi connectivity index (χ4n) is 2.46. The maximum atomic E-state index is 10.2. The van der Waals surface area contributed by atoms with E-state index < -0.39 is 59.9 Å². The molecule has 1 fully saturated rings. The van der Waals surface area contributed by atoms with E-state index in [4.69, 9.17) is 64.1 Å². The minimum atomic E-state index is -1.00. The van der Waals surface area contributed by atoms with Gasteiger partial charge in [0.1, 0.15) is 24.2 Å². The van der Waals surface area contributed by atoms with Gasteiger partial charge in [0.2, 0.25) is 0 Å². The molecular formula is C28H62N10O14. The van der Waals surface area contributed by atoms with E-state index in [9.17, 15) is 33.6 Å². The number of aliphatic carboxylic acids is 7. The summed E-state index contributed by atoms with van der Waals surface area (Å²) in [5.74, 6) is -6.20. The third kappa shape index (κ3) is 57.5. The third-order valence-corrected chi connectivity index (χ3v) is 5.25. The number of carboxylic acid groups (broad SMARTS) is 7. The second-order valence-corrected chi connectivity index (χ2v) is 10.9. The van der Waals surface area contributed by atoms with Crippen LogP contribution in [0.15, 0.2) is 0 Å². The van der Waals surface area contributed by atoms with Gasteiger partial charge in [-0.3, -0.25) is 39.0 Å². The van der Waals surface area contributed by atoms with Crippen molar-refractivity contribution >= 4 is 47.7 Å². The van der Waals surface area contributed by atoms with Crippen molar-refractivity contribution < 1.29 is 69.3 Å². The highest BCUT2D eigenvalue weighted by molar-refractivity contribution is 5.75. The molecular weight excluding hydrogens is 700 g/mol. The van der Waals surface area contributed by atoms with Crippen molar-refractivity contribution in [2.45, 2.75) is 84.0 Å². The van der Waals surface area contributed by atoms with Crippen LogP contribution >= 0.6 is 0 Å². The zero-order valence-corrected chi connectivity index (χ0v) is 30.1. The van der Waals surface area contributed by atoms with Crippen LogP contribution < -0.4 is 50.8 Å². The van der Waals surface area contributed by atoms with Crippen LogP contribution in [0.2, 0.25) is 0 Å². The van der Waals surface area contributed by atoms with E-state index >= 15 is 0 Å². The Balaban J connectivity index is -0.000000122. The molecule has 24 N–H and O–H groups in total. The second-order valence-electron chi connectivity index (χ2n) is 10.9. The topological polar surface area (TPSA) is 491 Å². The molecule has 24 nitrogen and oxygen atoms in total. The molecule has 0 aromatic heterocycles. The summed E-state index contributed by atoms with van der Waals surface area (Å²) in [6, 6.07) is -2.49. The van der Waals surface area contributed by atoms with Crippen LogP contribution in [-0.2, 0) is 33.6 Å². The molecule has 0 spiro atoms. The molecule has 1 aliphatic rings. The molecule has 52 heavy (non-hydrogen) atoms. The highest BCUT2D eigenvalue weighted by Crippen LogP contribution is 2.03. The van der Waals surface area contributed by atoms with Gasteiger partial charge >= 0.3 is 41.8 Å². The van der Waals surface area contributed by atoms with Gasteiger partial charge in [0, 0.05) is 6.54 Å². The van der Waals surface area contributed by atoms with Gasteiger partial charge in [-0.05, 0) is 50.5 Å². The van der Waals surface area contributed by atoms with Crippen LogP contribution in [0.5, 0.6) is 0 Å². The minimum Gasteiger partial charge on any atom is -0.480 e. The van der Waals surface area contributed by atoms with E-state index in [0.717, 1.165) is 19.4 Å². The first-order valence-corrected chi connectivity index (χ1v) is 15.5. The first kappa shape index (κ1) is 59.4. The molecule has 0 aliphatic carbocycles. The average molecular weight is 763 g/mol. The number of rotatable bonds is 14. The zero-order valence-electron chi connectivity index (χ0n) is 30.1. The van der Waals surface area contributed by atoms with Gasteiger partial charge in [-0.25, -0.2) is 0 Å². The molecule has 0 radical (unpaired) electrons.